The number of nitrogens with zero attached hydrogens (tertiary/aromatic N) is 2. The lowest BCUT2D eigenvalue weighted by Gasteiger charge is -2.21. The van der Waals surface area contributed by atoms with E-state index in [2.05, 4.69) is 4.98 Å². The first-order valence-corrected chi connectivity index (χ1v) is 7.83. The highest BCUT2D eigenvalue weighted by Gasteiger charge is 2.36. The number of aromatic nitrogens is 1. The summed E-state index contributed by atoms with van der Waals surface area (Å²) in [5.41, 5.74) is 6.48. The van der Waals surface area contributed by atoms with Crippen LogP contribution in [0.3, 0.4) is 0 Å². The van der Waals surface area contributed by atoms with E-state index in [1.165, 1.54) is 0 Å². The van der Waals surface area contributed by atoms with Crippen molar-refractivity contribution in [3.05, 3.63) is 30.1 Å². The van der Waals surface area contributed by atoms with Crippen LogP contribution in [-0.4, -0.2) is 42.6 Å². The smallest absolute Gasteiger partial charge is 0.214 e. The Kier molecular flexibility index (Phi) is 4.31. The molecule has 0 spiro atoms. The predicted octanol–water partition coefficient (Wildman–Crippen LogP) is 0.377. The summed E-state index contributed by atoms with van der Waals surface area (Å²) in [6, 6.07) is 3.89. The summed E-state index contributed by atoms with van der Waals surface area (Å²) in [7, 11) is -3.19. The van der Waals surface area contributed by atoms with Crippen LogP contribution in [0.2, 0.25) is 0 Å². The van der Waals surface area contributed by atoms with Crippen molar-refractivity contribution < 1.29 is 8.42 Å². The van der Waals surface area contributed by atoms with Gasteiger partial charge in [0.1, 0.15) is 0 Å². The SMILES string of the molecule is NCCN(C1CC1)S(=O)(=O)CCc1ccncc1. The molecule has 0 aliphatic heterocycles. The topological polar surface area (TPSA) is 76.3 Å². The summed E-state index contributed by atoms with van der Waals surface area (Å²) in [6.07, 6.45) is 5.82. The summed E-state index contributed by atoms with van der Waals surface area (Å²) >= 11 is 0. The van der Waals surface area contributed by atoms with E-state index in [-0.39, 0.29) is 11.8 Å². The minimum Gasteiger partial charge on any atom is -0.329 e. The van der Waals surface area contributed by atoms with Crippen molar-refractivity contribution in [3.8, 4) is 0 Å². The molecule has 0 atom stereocenters. The van der Waals surface area contributed by atoms with Crippen molar-refractivity contribution in [2.75, 3.05) is 18.8 Å². The summed E-state index contributed by atoms with van der Waals surface area (Å²) < 4.78 is 26.0. The molecule has 1 aliphatic carbocycles. The fourth-order valence-corrected chi connectivity index (χ4v) is 3.73. The van der Waals surface area contributed by atoms with Crippen LogP contribution in [0.5, 0.6) is 0 Å². The Bertz CT molecular complexity index is 471. The summed E-state index contributed by atoms with van der Waals surface area (Å²) in [5, 5.41) is 0. The van der Waals surface area contributed by atoms with E-state index in [4.69, 9.17) is 5.73 Å². The van der Waals surface area contributed by atoms with E-state index < -0.39 is 10.0 Å². The molecular weight excluding hydrogens is 250 g/mol. The lowest BCUT2D eigenvalue weighted by atomic mass is 10.2. The van der Waals surface area contributed by atoms with Crippen LogP contribution in [0.4, 0.5) is 0 Å². The number of nitrogens with two attached hydrogens (primary N) is 1. The van der Waals surface area contributed by atoms with Gasteiger partial charge in [0, 0.05) is 31.5 Å². The average Bonchev–Trinajstić information content (AvgIpc) is 3.19. The number of sulfonamides is 1. The van der Waals surface area contributed by atoms with Gasteiger partial charge in [-0.1, -0.05) is 0 Å². The van der Waals surface area contributed by atoms with Crippen LogP contribution in [0.1, 0.15) is 18.4 Å². The zero-order valence-electron chi connectivity index (χ0n) is 10.3. The quantitative estimate of drug-likeness (QED) is 0.776. The lowest BCUT2D eigenvalue weighted by Crippen LogP contribution is -2.39. The van der Waals surface area contributed by atoms with Crippen LogP contribution in [-0.2, 0) is 16.4 Å². The standard InChI is InChI=1S/C12H19N3O2S/c13-6-9-15(12-1-2-12)18(16,17)10-5-11-3-7-14-8-4-11/h3-4,7-8,12H,1-2,5-6,9-10,13H2. The summed E-state index contributed by atoms with van der Waals surface area (Å²) in [5.74, 6) is 0.146. The molecule has 1 heterocycles. The maximum Gasteiger partial charge on any atom is 0.214 e. The van der Waals surface area contributed by atoms with E-state index in [9.17, 15) is 8.42 Å². The maximum absolute atomic E-state index is 12.2. The third-order valence-corrected chi connectivity index (χ3v) is 4.97. The highest BCUT2D eigenvalue weighted by atomic mass is 32.2. The third-order valence-electron chi connectivity index (χ3n) is 3.06. The molecule has 0 amide bonds. The average molecular weight is 269 g/mol. The molecule has 1 aromatic rings. The molecule has 0 saturated heterocycles. The Hall–Kier alpha value is -0.980. The van der Waals surface area contributed by atoms with Crippen LogP contribution in [0.15, 0.2) is 24.5 Å². The first kappa shape index (κ1) is 13.5. The number of pyridine rings is 1. The Balaban J connectivity index is 1.97. The molecule has 5 nitrogen and oxygen atoms in total. The van der Waals surface area contributed by atoms with E-state index in [0.717, 1.165) is 18.4 Å². The molecule has 0 radical (unpaired) electrons. The molecule has 0 aromatic carbocycles. The van der Waals surface area contributed by atoms with Gasteiger partial charge in [0.05, 0.1) is 5.75 Å². The summed E-state index contributed by atoms with van der Waals surface area (Å²) in [6.45, 7) is 0.814. The van der Waals surface area contributed by atoms with Gasteiger partial charge in [-0.2, -0.15) is 4.31 Å². The molecule has 100 valence electrons. The van der Waals surface area contributed by atoms with E-state index in [1.807, 2.05) is 12.1 Å². The van der Waals surface area contributed by atoms with Crippen LogP contribution >= 0.6 is 0 Å². The first-order chi connectivity index (χ1) is 8.63. The van der Waals surface area contributed by atoms with Gasteiger partial charge in [-0.05, 0) is 37.0 Å². The van der Waals surface area contributed by atoms with E-state index in [0.29, 0.717) is 19.5 Å². The zero-order valence-corrected chi connectivity index (χ0v) is 11.1. The molecule has 2 rings (SSSR count). The van der Waals surface area contributed by atoms with Gasteiger partial charge < -0.3 is 5.73 Å². The molecule has 18 heavy (non-hydrogen) atoms. The van der Waals surface area contributed by atoms with Crippen LogP contribution in [0, 0.1) is 0 Å². The molecule has 0 unspecified atom stereocenters. The molecule has 1 fully saturated rings. The highest BCUT2D eigenvalue weighted by molar-refractivity contribution is 7.89. The number of hydrogen-bond donors (Lipinski definition) is 1. The molecule has 1 saturated carbocycles. The van der Waals surface area contributed by atoms with Crippen molar-refractivity contribution in [2.24, 2.45) is 5.73 Å². The number of hydrogen-bond acceptors (Lipinski definition) is 4. The number of aryl methyl sites for hydroxylation is 1. The van der Waals surface area contributed by atoms with Crippen molar-refractivity contribution in [1.29, 1.82) is 0 Å². The third kappa shape index (κ3) is 3.51. The second kappa shape index (κ2) is 5.77. The monoisotopic (exact) mass is 269 g/mol. The van der Waals surface area contributed by atoms with Gasteiger partial charge in [0.25, 0.3) is 0 Å². The first-order valence-electron chi connectivity index (χ1n) is 6.22. The molecule has 1 aliphatic rings. The molecular formula is C12H19N3O2S. The van der Waals surface area contributed by atoms with Crippen molar-refractivity contribution in [2.45, 2.75) is 25.3 Å². The Morgan fingerprint density at radius 3 is 2.56 bits per heavy atom. The van der Waals surface area contributed by atoms with Crippen molar-refractivity contribution in [1.82, 2.24) is 9.29 Å². The molecule has 0 bridgehead atoms. The zero-order chi connectivity index (χ0) is 13.0. The predicted molar refractivity (Wildman–Crippen MR) is 70.5 cm³/mol. The fraction of sp³-hybridized carbons (Fsp3) is 0.583. The van der Waals surface area contributed by atoms with Crippen molar-refractivity contribution >= 4 is 10.0 Å². The normalized spacial score (nSPS) is 16.1. The number of rotatable bonds is 7. The highest BCUT2D eigenvalue weighted by Crippen LogP contribution is 2.29. The van der Waals surface area contributed by atoms with Gasteiger partial charge >= 0.3 is 0 Å². The molecule has 2 N–H and O–H groups in total. The molecule has 6 heteroatoms. The lowest BCUT2D eigenvalue weighted by molar-refractivity contribution is 0.411. The van der Waals surface area contributed by atoms with Gasteiger partial charge in [0.15, 0.2) is 0 Å². The minimum atomic E-state index is -3.19. The minimum absolute atomic E-state index is 0.146. The van der Waals surface area contributed by atoms with Crippen LogP contribution < -0.4 is 5.73 Å². The largest absolute Gasteiger partial charge is 0.329 e. The van der Waals surface area contributed by atoms with Gasteiger partial charge in [-0.15, -0.1) is 0 Å². The fourth-order valence-electron chi connectivity index (χ4n) is 1.95. The van der Waals surface area contributed by atoms with E-state index >= 15 is 0 Å². The van der Waals surface area contributed by atoms with Gasteiger partial charge in [0.2, 0.25) is 10.0 Å². The van der Waals surface area contributed by atoms with Crippen molar-refractivity contribution in [3.63, 3.8) is 0 Å². The summed E-state index contributed by atoms with van der Waals surface area (Å²) in [4.78, 5) is 3.92. The Labute approximate surface area is 108 Å². The van der Waals surface area contributed by atoms with Gasteiger partial charge in [-0.25, -0.2) is 8.42 Å². The Morgan fingerprint density at radius 2 is 2.00 bits per heavy atom. The second-order valence-corrected chi connectivity index (χ2v) is 6.59. The maximum atomic E-state index is 12.2. The Morgan fingerprint density at radius 1 is 1.33 bits per heavy atom. The molecule has 1 aromatic heterocycles. The van der Waals surface area contributed by atoms with E-state index in [1.54, 1.807) is 16.7 Å². The van der Waals surface area contributed by atoms with Gasteiger partial charge in [-0.3, -0.25) is 4.98 Å². The van der Waals surface area contributed by atoms with Crippen LogP contribution in [0.25, 0.3) is 0 Å². The second-order valence-electron chi connectivity index (χ2n) is 4.55.